The van der Waals surface area contributed by atoms with Crippen molar-refractivity contribution >= 4 is 43.2 Å². The molecule has 2 aromatic rings. The monoisotopic (exact) mass is 363 g/mol. The molecule has 1 N–H and O–H groups in total. The van der Waals surface area contributed by atoms with Crippen molar-refractivity contribution in [3.63, 3.8) is 0 Å². The molecule has 2 aromatic carbocycles. The Hall–Kier alpha value is -1.11. The number of hydrogen-bond acceptors (Lipinski definition) is 2. The highest BCUT2D eigenvalue weighted by molar-refractivity contribution is 9.10. The molecule has 0 spiro atoms. The Morgan fingerprint density at radius 2 is 1.89 bits per heavy atom. The fraction of sp³-hybridized carbons (Fsp3) is 0. The van der Waals surface area contributed by atoms with Crippen LogP contribution in [-0.2, 0) is 10.0 Å². The summed E-state index contributed by atoms with van der Waals surface area (Å²) in [5.74, 6) is -0.516. The third kappa shape index (κ3) is 3.46. The normalized spacial score (nSPS) is 11.3. The predicted octanol–water partition coefficient (Wildman–Crippen LogP) is 4.04. The number of sulfonamides is 1. The molecule has 0 aliphatic carbocycles. The van der Waals surface area contributed by atoms with Gasteiger partial charge in [-0.2, -0.15) is 0 Å². The van der Waals surface area contributed by atoms with Gasteiger partial charge in [-0.1, -0.05) is 17.7 Å². The summed E-state index contributed by atoms with van der Waals surface area (Å²) in [5.41, 5.74) is 0.158. The van der Waals surface area contributed by atoms with E-state index in [2.05, 4.69) is 20.7 Å². The number of nitrogens with one attached hydrogen (secondary N) is 1. The highest BCUT2D eigenvalue weighted by Crippen LogP contribution is 2.26. The van der Waals surface area contributed by atoms with Gasteiger partial charge >= 0.3 is 0 Å². The number of rotatable bonds is 3. The lowest BCUT2D eigenvalue weighted by molar-refractivity contribution is 0.601. The van der Waals surface area contributed by atoms with Crippen LogP contribution in [0.15, 0.2) is 51.8 Å². The Morgan fingerprint density at radius 3 is 2.53 bits per heavy atom. The molecular weight excluding hydrogens is 357 g/mol. The van der Waals surface area contributed by atoms with E-state index in [0.29, 0.717) is 9.50 Å². The quantitative estimate of drug-likeness (QED) is 0.893. The first-order valence-electron chi connectivity index (χ1n) is 5.12. The molecule has 19 heavy (non-hydrogen) atoms. The van der Waals surface area contributed by atoms with Crippen molar-refractivity contribution in [2.24, 2.45) is 0 Å². The summed E-state index contributed by atoms with van der Waals surface area (Å²) in [6, 6.07) is 9.43. The summed E-state index contributed by atoms with van der Waals surface area (Å²) in [7, 11) is -3.77. The molecule has 0 saturated heterocycles. The molecule has 2 rings (SSSR count). The van der Waals surface area contributed by atoms with Crippen LogP contribution in [0, 0.1) is 5.82 Å². The van der Waals surface area contributed by atoms with Crippen molar-refractivity contribution in [3.05, 3.63) is 57.8 Å². The fourth-order valence-corrected chi connectivity index (χ4v) is 3.13. The van der Waals surface area contributed by atoms with Crippen molar-refractivity contribution in [2.75, 3.05) is 4.72 Å². The van der Waals surface area contributed by atoms with Gasteiger partial charge in [-0.15, -0.1) is 0 Å². The SMILES string of the molecule is O=S(=O)(Nc1cccc(F)c1)c1ccc(Cl)c(Br)c1. The molecule has 7 heteroatoms. The van der Waals surface area contributed by atoms with Crippen LogP contribution in [0.2, 0.25) is 5.02 Å². The summed E-state index contributed by atoms with van der Waals surface area (Å²) in [6.07, 6.45) is 0. The third-order valence-electron chi connectivity index (χ3n) is 2.28. The minimum atomic E-state index is -3.77. The van der Waals surface area contributed by atoms with Crippen molar-refractivity contribution in [2.45, 2.75) is 4.90 Å². The maximum Gasteiger partial charge on any atom is 0.261 e. The molecule has 0 atom stereocenters. The van der Waals surface area contributed by atoms with Crippen LogP contribution in [0.3, 0.4) is 0 Å². The van der Waals surface area contributed by atoms with Gasteiger partial charge in [0.15, 0.2) is 0 Å². The van der Waals surface area contributed by atoms with Gasteiger partial charge in [-0.05, 0) is 52.3 Å². The van der Waals surface area contributed by atoms with E-state index < -0.39 is 15.8 Å². The van der Waals surface area contributed by atoms with Gasteiger partial charge < -0.3 is 0 Å². The number of hydrogen-bond donors (Lipinski definition) is 1. The highest BCUT2D eigenvalue weighted by atomic mass is 79.9. The second-order valence-electron chi connectivity index (χ2n) is 3.69. The van der Waals surface area contributed by atoms with E-state index in [4.69, 9.17) is 11.6 Å². The van der Waals surface area contributed by atoms with Crippen molar-refractivity contribution in [1.82, 2.24) is 0 Å². The average molecular weight is 365 g/mol. The van der Waals surface area contributed by atoms with Gasteiger partial charge in [0.25, 0.3) is 10.0 Å². The second kappa shape index (κ2) is 5.48. The third-order valence-corrected chi connectivity index (χ3v) is 4.87. The first-order chi connectivity index (χ1) is 8.88. The largest absolute Gasteiger partial charge is 0.280 e. The highest BCUT2D eigenvalue weighted by Gasteiger charge is 2.15. The Labute approximate surface area is 123 Å². The minimum Gasteiger partial charge on any atom is -0.280 e. The molecule has 0 amide bonds. The van der Waals surface area contributed by atoms with Crippen molar-refractivity contribution in [3.8, 4) is 0 Å². The summed E-state index contributed by atoms with van der Waals surface area (Å²) < 4.78 is 39.9. The molecule has 0 saturated carbocycles. The van der Waals surface area contributed by atoms with E-state index in [1.807, 2.05) is 0 Å². The van der Waals surface area contributed by atoms with Gasteiger partial charge in [0.2, 0.25) is 0 Å². The van der Waals surface area contributed by atoms with Crippen LogP contribution in [0.1, 0.15) is 0 Å². The summed E-state index contributed by atoms with van der Waals surface area (Å²) >= 11 is 8.95. The second-order valence-corrected chi connectivity index (χ2v) is 6.64. The maximum absolute atomic E-state index is 13.0. The molecule has 0 unspecified atom stereocenters. The summed E-state index contributed by atoms with van der Waals surface area (Å²) in [5, 5.41) is 0.407. The lowest BCUT2D eigenvalue weighted by Gasteiger charge is -2.08. The maximum atomic E-state index is 13.0. The molecule has 0 heterocycles. The van der Waals surface area contributed by atoms with Gasteiger partial charge in [0.05, 0.1) is 15.6 Å². The zero-order chi connectivity index (χ0) is 14.0. The van der Waals surface area contributed by atoms with E-state index in [9.17, 15) is 12.8 Å². The topological polar surface area (TPSA) is 46.2 Å². The van der Waals surface area contributed by atoms with Crippen LogP contribution in [0.25, 0.3) is 0 Å². The lowest BCUT2D eigenvalue weighted by Crippen LogP contribution is -2.13. The van der Waals surface area contributed by atoms with Gasteiger partial charge in [0.1, 0.15) is 5.82 Å². The Kier molecular flexibility index (Phi) is 4.13. The van der Waals surface area contributed by atoms with E-state index in [-0.39, 0.29) is 10.6 Å². The molecule has 0 aliphatic rings. The van der Waals surface area contributed by atoms with Gasteiger partial charge in [-0.3, -0.25) is 4.72 Å². The lowest BCUT2D eigenvalue weighted by atomic mass is 10.3. The van der Waals surface area contributed by atoms with Crippen molar-refractivity contribution < 1.29 is 12.8 Å². The average Bonchev–Trinajstić information content (AvgIpc) is 2.32. The molecule has 0 bridgehead atoms. The Balaban J connectivity index is 2.35. The standard InChI is InChI=1S/C12H8BrClFNO2S/c13-11-7-10(4-5-12(11)14)19(17,18)16-9-3-1-2-8(15)6-9/h1-7,16H. The molecule has 0 fully saturated rings. The molecule has 0 aliphatic heterocycles. The van der Waals surface area contributed by atoms with E-state index in [1.54, 1.807) is 0 Å². The molecule has 0 radical (unpaired) electrons. The van der Waals surface area contributed by atoms with E-state index in [1.165, 1.54) is 36.4 Å². The van der Waals surface area contributed by atoms with Crippen LogP contribution in [0.4, 0.5) is 10.1 Å². The number of benzene rings is 2. The Bertz CT molecular complexity index is 721. The van der Waals surface area contributed by atoms with Gasteiger partial charge in [0, 0.05) is 4.47 Å². The summed E-state index contributed by atoms with van der Waals surface area (Å²) in [4.78, 5) is 0.0352. The number of anilines is 1. The predicted molar refractivity (Wildman–Crippen MR) is 76.4 cm³/mol. The van der Waals surface area contributed by atoms with Crippen LogP contribution >= 0.6 is 27.5 Å². The van der Waals surface area contributed by atoms with Crippen LogP contribution in [0.5, 0.6) is 0 Å². The van der Waals surface area contributed by atoms with Gasteiger partial charge in [-0.25, -0.2) is 12.8 Å². The number of halogens is 3. The smallest absolute Gasteiger partial charge is 0.261 e. The van der Waals surface area contributed by atoms with Crippen LogP contribution in [-0.4, -0.2) is 8.42 Å². The zero-order valence-corrected chi connectivity index (χ0v) is 12.6. The minimum absolute atomic E-state index is 0.0352. The molecule has 0 aromatic heterocycles. The molecule has 3 nitrogen and oxygen atoms in total. The van der Waals surface area contributed by atoms with Crippen LogP contribution < -0.4 is 4.72 Å². The first-order valence-corrected chi connectivity index (χ1v) is 7.77. The fourth-order valence-electron chi connectivity index (χ4n) is 1.41. The molecule has 100 valence electrons. The van der Waals surface area contributed by atoms with E-state index >= 15 is 0 Å². The Morgan fingerprint density at radius 1 is 1.16 bits per heavy atom. The zero-order valence-electron chi connectivity index (χ0n) is 9.40. The first kappa shape index (κ1) is 14.3. The van der Waals surface area contributed by atoms with Crippen molar-refractivity contribution in [1.29, 1.82) is 0 Å². The molecular formula is C12H8BrClFNO2S. The van der Waals surface area contributed by atoms with E-state index in [0.717, 1.165) is 6.07 Å². The summed E-state index contributed by atoms with van der Waals surface area (Å²) in [6.45, 7) is 0.